The summed E-state index contributed by atoms with van der Waals surface area (Å²) in [6.07, 6.45) is 0. The fraction of sp³-hybridized carbons (Fsp3) is 0.222. The normalized spacial score (nSPS) is 12.3. The molecule has 0 radical (unpaired) electrons. The number of nitrogens with zero attached hydrogens (tertiary/aromatic N) is 1. The van der Waals surface area contributed by atoms with Gasteiger partial charge >= 0.3 is 0 Å². The van der Waals surface area contributed by atoms with E-state index in [9.17, 15) is 9.59 Å². The molecule has 0 aliphatic carbocycles. The molecule has 7 heteroatoms. The highest BCUT2D eigenvalue weighted by atomic mass is 32.2. The number of thiazole rings is 1. The molecule has 0 aliphatic heterocycles. The second-order valence-corrected chi connectivity index (χ2v) is 10.9. The first-order valence-corrected chi connectivity index (χ1v) is 12.8. The minimum atomic E-state index is -0.974. The molecule has 1 atom stereocenters. The summed E-state index contributed by atoms with van der Waals surface area (Å²) >= 11 is 2.88. The second-order valence-electron chi connectivity index (χ2n) is 8.54. The van der Waals surface area contributed by atoms with Crippen molar-refractivity contribution in [1.82, 2.24) is 15.6 Å². The Kier molecular flexibility index (Phi) is 7.65. The van der Waals surface area contributed by atoms with Crippen LogP contribution in [0, 0.1) is 5.41 Å². The Labute approximate surface area is 208 Å². The molecule has 2 N–H and O–H groups in total. The summed E-state index contributed by atoms with van der Waals surface area (Å²) in [5.41, 5.74) is 1.93. The number of fused-ring (bicyclic) bond motifs is 1. The van der Waals surface area contributed by atoms with Crippen LogP contribution in [-0.2, 0) is 22.7 Å². The van der Waals surface area contributed by atoms with E-state index < -0.39 is 10.7 Å². The summed E-state index contributed by atoms with van der Waals surface area (Å²) in [4.78, 5) is 31.4. The van der Waals surface area contributed by atoms with Crippen molar-refractivity contribution in [3.05, 3.63) is 96.1 Å². The zero-order valence-electron chi connectivity index (χ0n) is 19.2. The molecule has 174 valence electrons. The summed E-state index contributed by atoms with van der Waals surface area (Å²) in [7, 11) is 0. The van der Waals surface area contributed by atoms with E-state index in [-0.39, 0.29) is 11.8 Å². The van der Waals surface area contributed by atoms with Gasteiger partial charge in [-0.05, 0) is 37.1 Å². The molecule has 2 amide bonds. The van der Waals surface area contributed by atoms with Gasteiger partial charge in [0.15, 0.2) is 4.34 Å². The summed E-state index contributed by atoms with van der Waals surface area (Å²) in [6.45, 7) is 4.45. The fourth-order valence-corrected chi connectivity index (χ4v) is 5.93. The number of nitrogens with one attached hydrogen (secondary N) is 2. The molecule has 0 saturated heterocycles. The second kappa shape index (κ2) is 10.8. The Hall–Kier alpha value is -3.16. The number of amides is 2. The predicted molar refractivity (Wildman–Crippen MR) is 140 cm³/mol. The maximum atomic E-state index is 13.4. The lowest BCUT2D eigenvalue weighted by Crippen LogP contribution is -2.49. The molecule has 34 heavy (non-hydrogen) atoms. The largest absolute Gasteiger partial charge is 0.352 e. The molecule has 1 unspecified atom stereocenters. The van der Waals surface area contributed by atoms with Crippen molar-refractivity contribution in [3.63, 3.8) is 0 Å². The lowest BCUT2D eigenvalue weighted by Gasteiger charge is -2.31. The highest BCUT2D eigenvalue weighted by Gasteiger charge is 2.42. The molecule has 3 aromatic carbocycles. The maximum Gasteiger partial charge on any atom is 0.234 e. The number of thioether (sulfide) groups is 1. The molecule has 1 heterocycles. The van der Waals surface area contributed by atoms with Gasteiger partial charge in [0.05, 0.1) is 15.6 Å². The van der Waals surface area contributed by atoms with Crippen LogP contribution in [0.25, 0.3) is 10.2 Å². The number of carbonyl (C=O) groups excluding carboxylic acids is 2. The lowest BCUT2D eigenvalue weighted by molar-refractivity contribution is -0.134. The molecule has 5 nitrogen and oxygen atoms in total. The molecule has 0 spiro atoms. The van der Waals surface area contributed by atoms with Crippen LogP contribution in [-0.4, -0.2) is 22.0 Å². The zero-order chi connectivity index (χ0) is 24.0. The first kappa shape index (κ1) is 24.0. The first-order valence-electron chi connectivity index (χ1n) is 11.1. The van der Waals surface area contributed by atoms with E-state index in [4.69, 9.17) is 0 Å². The van der Waals surface area contributed by atoms with Crippen LogP contribution >= 0.6 is 23.1 Å². The highest BCUT2D eigenvalue weighted by molar-refractivity contribution is 8.02. The summed E-state index contributed by atoms with van der Waals surface area (Å²) < 4.78 is 1.82. The molecule has 0 bridgehead atoms. The molecule has 0 aliphatic rings. The van der Waals surface area contributed by atoms with E-state index in [0.29, 0.717) is 13.1 Å². The Balaban J connectivity index is 1.54. The van der Waals surface area contributed by atoms with Crippen LogP contribution in [0.15, 0.2) is 89.3 Å². The van der Waals surface area contributed by atoms with Crippen LogP contribution in [0.4, 0.5) is 0 Å². The van der Waals surface area contributed by atoms with Crippen molar-refractivity contribution in [2.24, 2.45) is 5.41 Å². The highest BCUT2D eigenvalue weighted by Crippen LogP contribution is 2.39. The number of carbonyl (C=O) groups is 2. The van der Waals surface area contributed by atoms with Gasteiger partial charge in [0.1, 0.15) is 5.25 Å². The standard InChI is InChI=1S/C27H27N3O2S2/c1-27(2,25(32)29-18-20-13-7-4-8-14-20)23(24(31)28-17-19-11-5-3-6-12-19)34-26-30-21-15-9-10-16-22(21)33-26/h3-16,23H,17-18H2,1-2H3,(H,28,31)(H,29,32). The van der Waals surface area contributed by atoms with Gasteiger partial charge in [0.2, 0.25) is 11.8 Å². The molecule has 0 saturated carbocycles. The van der Waals surface area contributed by atoms with Gasteiger partial charge in [0, 0.05) is 13.1 Å². The molecule has 1 aromatic heterocycles. The van der Waals surface area contributed by atoms with Gasteiger partial charge < -0.3 is 10.6 Å². The van der Waals surface area contributed by atoms with Crippen molar-refractivity contribution in [1.29, 1.82) is 0 Å². The third kappa shape index (κ3) is 5.85. The van der Waals surface area contributed by atoms with E-state index >= 15 is 0 Å². The van der Waals surface area contributed by atoms with Gasteiger partial charge in [-0.2, -0.15) is 0 Å². The van der Waals surface area contributed by atoms with Crippen molar-refractivity contribution in [2.75, 3.05) is 0 Å². The van der Waals surface area contributed by atoms with Crippen molar-refractivity contribution >= 4 is 45.1 Å². The molecule has 4 aromatic rings. The van der Waals surface area contributed by atoms with Crippen molar-refractivity contribution < 1.29 is 9.59 Å². The minimum Gasteiger partial charge on any atom is -0.352 e. The molecular formula is C27H27N3O2S2. The first-order chi connectivity index (χ1) is 16.4. The fourth-order valence-electron chi connectivity index (χ4n) is 3.53. The number of hydrogen-bond acceptors (Lipinski definition) is 5. The van der Waals surface area contributed by atoms with Crippen molar-refractivity contribution in [3.8, 4) is 0 Å². The van der Waals surface area contributed by atoms with E-state index in [2.05, 4.69) is 15.6 Å². The zero-order valence-corrected chi connectivity index (χ0v) is 20.8. The van der Waals surface area contributed by atoms with Crippen molar-refractivity contribution in [2.45, 2.75) is 36.5 Å². The topological polar surface area (TPSA) is 71.1 Å². The smallest absolute Gasteiger partial charge is 0.234 e. The van der Waals surface area contributed by atoms with Crippen LogP contribution in [0.1, 0.15) is 25.0 Å². The summed E-state index contributed by atoms with van der Waals surface area (Å²) in [6, 6.07) is 27.4. The monoisotopic (exact) mass is 489 g/mol. The third-order valence-electron chi connectivity index (χ3n) is 5.58. The lowest BCUT2D eigenvalue weighted by atomic mass is 9.87. The van der Waals surface area contributed by atoms with Gasteiger partial charge in [0.25, 0.3) is 0 Å². The van der Waals surface area contributed by atoms with Crippen LogP contribution < -0.4 is 10.6 Å². The van der Waals surface area contributed by atoms with Gasteiger partial charge in [-0.1, -0.05) is 84.6 Å². The van der Waals surface area contributed by atoms with E-state index in [0.717, 1.165) is 25.7 Å². The summed E-state index contributed by atoms with van der Waals surface area (Å²) in [5, 5.41) is 5.38. The Morgan fingerprint density at radius 1 is 0.853 bits per heavy atom. The Morgan fingerprint density at radius 2 is 1.41 bits per heavy atom. The van der Waals surface area contributed by atoms with E-state index in [1.807, 2.05) is 98.8 Å². The van der Waals surface area contributed by atoms with Crippen LogP contribution in [0.3, 0.4) is 0 Å². The van der Waals surface area contributed by atoms with E-state index in [1.54, 1.807) is 0 Å². The minimum absolute atomic E-state index is 0.176. The average Bonchev–Trinajstić information content (AvgIpc) is 3.28. The number of para-hydroxylation sites is 1. The SMILES string of the molecule is CC(C)(C(=O)NCc1ccccc1)C(Sc1nc2ccccc2s1)C(=O)NCc1ccccc1. The average molecular weight is 490 g/mol. The van der Waals surface area contributed by atoms with Gasteiger partial charge in [-0.25, -0.2) is 4.98 Å². The Bertz CT molecular complexity index is 1220. The number of benzene rings is 3. The van der Waals surface area contributed by atoms with Crippen LogP contribution in [0.2, 0.25) is 0 Å². The molecular weight excluding hydrogens is 462 g/mol. The Morgan fingerprint density at radius 3 is 2.03 bits per heavy atom. The molecule has 4 rings (SSSR count). The number of hydrogen-bond donors (Lipinski definition) is 2. The van der Waals surface area contributed by atoms with Gasteiger partial charge in [-0.15, -0.1) is 11.3 Å². The predicted octanol–water partition coefficient (Wildman–Crippen LogP) is 5.42. The molecule has 0 fully saturated rings. The number of rotatable bonds is 9. The van der Waals surface area contributed by atoms with Gasteiger partial charge in [-0.3, -0.25) is 9.59 Å². The third-order valence-corrected chi connectivity index (χ3v) is 8.28. The summed E-state index contributed by atoms with van der Waals surface area (Å²) in [5.74, 6) is -0.363. The quantitative estimate of drug-likeness (QED) is 0.308. The number of aromatic nitrogens is 1. The van der Waals surface area contributed by atoms with Crippen LogP contribution in [0.5, 0.6) is 0 Å². The maximum absolute atomic E-state index is 13.4. The van der Waals surface area contributed by atoms with E-state index in [1.165, 1.54) is 23.1 Å².